The molecule has 0 unspecified atom stereocenters. The molecule has 0 heterocycles. The summed E-state index contributed by atoms with van der Waals surface area (Å²) in [5.41, 5.74) is 0.496. The molecule has 3 nitrogen and oxygen atoms in total. The molecular weight excluding hydrogens is 209 g/mol. The highest BCUT2D eigenvalue weighted by Crippen LogP contribution is 2.29. The summed E-state index contributed by atoms with van der Waals surface area (Å²) in [5, 5.41) is 20.7. The molecule has 0 amide bonds. The molecule has 0 spiro atoms. The fourth-order valence-corrected chi connectivity index (χ4v) is 1.37. The maximum atomic E-state index is 13.0. The van der Waals surface area contributed by atoms with Crippen LogP contribution in [0.3, 0.4) is 0 Å². The van der Waals surface area contributed by atoms with Gasteiger partial charge in [-0.05, 0) is 24.7 Å². The number of benzene rings is 1. The molecule has 0 aliphatic carbocycles. The molecule has 1 atom stereocenters. The van der Waals surface area contributed by atoms with Crippen LogP contribution in [0, 0.1) is 5.82 Å². The monoisotopic (exact) mass is 219 g/mol. The summed E-state index contributed by atoms with van der Waals surface area (Å²) in [4.78, 5) is 0. The molecule has 0 saturated heterocycles. The van der Waals surface area contributed by atoms with Crippen LogP contribution in [-0.4, -0.2) is 23.9 Å². The minimum atomic E-state index is -0.791. The standard InChI is InChI=1S/C9H11ClFNO2/c1-12-8(4-13)5-2-6(10)9(14)7(11)3-5/h2-3,8,12-14H,4H2,1H3/t8-/m1/s1. The van der Waals surface area contributed by atoms with Crippen LogP contribution in [0.5, 0.6) is 5.75 Å². The van der Waals surface area contributed by atoms with Crippen molar-refractivity contribution < 1.29 is 14.6 Å². The van der Waals surface area contributed by atoms with Gasteiger partial charge in [0.2, 0.25) is 0 Å². The lowest BCUT2D eigenvalue weighted by molar-refractivity contribution is 0.250. The van der Waals surface area contributed by atoms with Gasteiger partial charge in [0.05, 0.1) is 17.7 Å². The third-order valence-electron chi connectivity index (χ3n) is 1.97. The van der Waals surface area contributed by atoms with Gasteiger partial charge >= 0.3 is 0 Å². The Labute approximate surface area is 86.1 Å². The van der Waals surface area contributed by atoms with E-state index in [0.717, 1.165) is 6.07 Å². The molecule has 0 radical (unpaired) electrons. The van der Waals surface area contributed by atoms with E-state index in [4.69, 9.17) is 21.8 Å². The summed E-state index contributed by atoms with van der Waals surface area (Å²) in [7, 11) is 1.64. The Morgan fingerprint density at radius 2 is 2.21 bits per heavy atom. The maximum Gasteiger partial charge on any atom is 0.170 e. The van der Waals surface area contributed by atoms with Crippen molar-refractivity contribution in [3.05, 3.63) is 28.5 Å². The van der Waals surface area contributed by atoms with Crippen molar-refractivity contribution in [2.24, 2.45) is 0 Å². The minimum Gasteiger partial charge on any atom is -0.504 e. The minimum absolute atomic E-state index is 0.0614. The van der Waals surface area contributed by atoms with Crippen LogP contribution in [0.1, 0.15) is 11.6 Å². The number of likely N-dealkylation sites (N-methyl/N-ethyl adjacent to an activating group) is 1. The van der Waals surface area contributed by atoms with Crippen molar-refractivity contribution in [2.45, 2.75) is 6.04 Å². The summed E-state index contributed by atoms with van der Waals surface area (Å²) in [6.07, 6.45) is 0. The first-order valence-electron chi connectivity index (χ1n) is 4.06. The number of phenolic OH excluding ortho intramolecular Hbond substituents is 1. The molecule has 3 N–H and O–H groups in total. The van der Waals surface area contributed by atoms with E-state index in [1.807, 2.05) is 0 Å². The maximum absolute atomic E-state index is 13.0. The summed E-state index contributed by atoms with van der Waals surface area (Å²) >= 11 is 5.58. The molecule has 0 aromatic heterocycles. The molecule has 5 heteroatoms. The molecule has 0 saturated carbocycles. The number of phenols is 1. The van der Waals surface area contributed by atoms with Crippen LogP contribution >= 0.6 is 11.6 Å². The molecule has 0 fully saturated rings. The smallest absolute Gasteiger partial charge is 0.170 e. The Morgan fingerprint density at radius 1 is 1.57 bits per heavy atom. The lowest BCUT2D eigenvalue weighted by Gasteiger charge is -2.14. The second kappa shape index (κ2) is 4.59. The van der Waals surface area contributed by atoms with Crippen LogP contribution in [0.4, 0.5) is 4.39 Å². The van der Waals surface area contributed by atoms with Gasteiger partial charge < -0.3 is 15.5 Å². The Balaban J connectivity index is 3.11. The average molecular weight is 220 g/mol. The number of halogens is 2. The van der Waals surface area contributed by atoms with Gasteiger partial charge in [-0.3, -0.25) is 0 Å². The third-order valence-corrected chi connectivity index (χ3v) is 2.26. The van der Waals surface area contributed by atoms with E-state index >= 15 is 0 Å². The largest absolute Gasteiger partial charge is 0.504 e. The Morgan fingerprint density at radius 3 is 2.64 bits per heavy atom. The fraction of sp³-hybridized carbons (Fsp3) is 0.333. The molecule has 1 aromatic rings. The van der Waals surface area contributed by atoms with E-state index < -0.39 is 11.6 Å². The van der Waals surface area contributed by atoms with Crippen LogP contribution in [0.2, 0.25) is 5.02 Å². The molecule has 0 bridgehead atoms. The van der Waals surface area contributed by atoms with Gasteiger partial charge in [-0.25, -0.2) is 4.39 Å². The quantitative estimate of drug-likeness (QED) is 0.721. The molecule has 14 heavy (non-hydrogen) atoms. The van der Waals surface area contributed by atoms with Gasteiger partial charge in [0, 0.05) is 0 Å². The first kappa shape index (κ1) is 11.2. The second-order valence-electron chi connectivity index (χ2n) is 2.86. The van der Waals surface area contributed by atoms with Crippen molar-refractivity contribution in [2.75, 3.05) is 13.7 Å². The van der Waals surface area contributed by atoms with Crippen LogP contribution in [0.25, 0.3) is 0 Å². The van der Waals surface area contributed by atoms with Gasteiger partial charge in [0.25, 0.3) is 0 Å². The predicted molar refractivity (Wildman–Crippen MR) is 52.0 cm³/mol. The van der Waals surface area contributed by atoms with Gasteiger partial charge in [0.1, 0.15) is 0 Å². The average Bonchev–Trinajstić information content (AvgIpc) is 2.16. The zero-order chi connectivity index (χ0) is 10.7. The van der Waals surface area contributed by atoms with Crippen LogP contribution in [-0.2, 0) is 0 Å². The molecule has 0 aliphatic heterocycles. The highest BCUT2D eigenvalue weighted by atomic mass is 35.5. The van der Waals surface area contributed by atoms with E-state index in [1.165, 1.54) is 6.07 Å². The summed E-state index contributed by atoms with van der Waals surface area (Å²) < 4.78 is 13.0. The first-order chi connectivity index (χ1) is 6.60. The Hall–Kier alpha value is -0.840. The Bertz CT molecular complexity index is 306. The van der Waals surface area contributed by atoms with Gasteiger partial charge in [-0.1, -0.05) is 11.6 Å². The number of aliphatic hydroxyl groups excluding tert-OH is 1. The van der Waals surface area contributed by atoms with Crippen LogP contribution in [0.15, 0.2) is 12.1 Å². The SMILES string of the molecule is CN[C@H](CO)c1cc(F)c(O)c(Cl)c1. The van der Waals surface area contributed by atoms with Crippen molar-refractivity contribution in [3.8, 4) is 5.75 Å². The zero-order valence-electron chi connectivity index (χ0n) is 7.59. The number of nitrogens with one attached hydrogen (secondary N) is 1. The molecule has 0 aliphatic rings. The molecule has 1 aromatic carbocycles. The first-order valence-corrected chi connectivity index (χ1v) is 4.44. The molecule has 78 valence electrons. The van der Waals surface area contributed by atoms with Gasteiger partial charge in [0.15, 0.2) is 11.6 Å². The molecular formula is C9H11ClFNO2. The lowest BCUT2D eigenvalue weighted by Crippen LogP contribution is -2.20. The Kier molecular flexibility index (Phi) is 3.69. The van der Waals surface area contributed by atoms with Gasteiger partial charge in [-0.2, -0.15) is 0 Å². The normalized spacial score (nSPS) is 12.9. The summed E-state index contributed by atoms with van der Waals surface area (Å²) in [5.74, 6) is -1.36. The number of hydrogen-bond acceptors (Lipinski definition) is 3. The van der Waals surface area contributed by atoms with Crippen molar-refractivity contribution in [1.82, 2.24) is 5.32 Å². The fourth-order valence-electron chi connectivity index (χ4n) is 1.15. The zero-order valence-corrected chi connectivity index (χ0v) is 8.35. The van der Waals surface area contributed by atoms with E-state index in [9.17, 15) is 4.39 Å². The molecule has 1 rings (SSSR count). The van der Waals surface area contributed by atoms with E-state index in [0.29, 0.717) is 5.56 Å². The van der Waals surface area contributed by atoms with E-state index in [1.54, 1.807) is 7.05 Å². The predicted octanol–water partition coefficient (Wildman–Crippen LogP) is 1.44. The highest BCUT2D eigenvalue weighted by Gasteiger charge is 2.13. The number of rotatable bonds is 3. The second-order valence-corrected chi connectivity index (χ2v) is 3.26. The number of aliphatic hydroxyl groups is 1. The summed E-state index contributed by atoms with van der Waals surface area (Å²) in [6.45, 7) is -0.170. The third kappa shape index (κ3) is 2.15. The number of aromatic hydroxyl groups is 1. The van der Waals surface area contributed by atoms with E-state index in [-0.39, 0.29) is 17.7 Å². The van der Waals surface area contributed by atoms with Crippen molar-refractivity contribution >= 4 is 11.6 Å². The summed E-state index contributed by atoms with van der Waals surface area (Å²) in [6, 6.07) is 2.17. The van der Waals surface area contributed by atoms with Crippen molar-refractivity contribution in [3.63, 3.8) is 0 Å². The number of hydrogen-bond donors (Lipinski definition) is 3. The van der Waals surface area contributed by atoms with E-state index in [2.05, 4.69) is 5.32 Å². The lowest BCUT2D eigenvalue weighted by atomic mass is 10.1. The van der Waals surface area contributed by atoms with Crippen LogP contribution < -0.4 is 5.32 Å². The highest BCUT2D eigenvalue weighted by molar-refractivity contribution is 6.32. The topological polar surface area (TPSA) is 52.5 Å². The van der Waals surface area contributed by atoms with Gasteiger partial charge in [-0.15, -0.1) is 0 Å². The van der Waals surface area contributed by atoms with Crippen molar-refractivity contribution in [1.29, 1.82) is 0 Å².